The van der Waals surface area contributed by atoms with Gasteiger partial charge in [-0.15, -0.1) is 0 Å². The normalized spacial score (nSPS) is 27.6. The van der Waals surface area contributed by atoms with E-state index < -0.39 is 17.2 Å². The van der Waals surface area contributed by atoms with Gasteiger partial charge in [-0.25, -0.2) is 0 Å². The molecule has 0 fully saturated rings. The van der Waals surface area contributed by atoms with Crippen molar-refractivity contribution in [2.75, 3.05) is 13.6 Å². The van der Waals surface area contributed by atoms with E-state index in [2.05, 4.69) is 5.32 Å². The van der Waals surface area contributed by atoms with Gasteiger partial charge < -0.3 is 5.32 Å². The molecule has 0 heterocycles. The molecule has 0 aromatic heterocycles. The Morgan fingerprint density at radius 2 is 2.14 bits per heavy atom. The van der Waals surface area contributed by atoms with E-state index in [0.29, 0.717) is 13.0 Å². The van der Waals surface area contributed by atoms with Crippen LogP contribution in [0.2, 0.25) is 0 Å². The summed E-state index contributed by atoms with van der Waals surface area (Å²) in [4.78, 5) is 0. The molecule has 0 spiro atoms. The molecule has 0 aliphatic heterocycles. The Morgan fingerprint density at radius 1 is 1.50 bits per heavy atom. The molecule has 80 valence electrons. The molecule has 1 atom stereocenters. The second-order valence-corrected chi connectivity index (χ2v) is 3.89. The van der Waals surface area contributed by atoms with Gasteiger partial charge in [0.15, 0.2) is 0 Å². The highest BCUT2D eigenvalue weighted by atomic mass is 19.4. The fraction of sp³-hybridized carbons (Fsp3) is 0.600. The van der Waals surface area contributed by atoms with Crippen molar-refractivity contribution in [1.29, 1.82) is 0 Å². The predicted molar refractivity (Wildman–Crippen MR) is 49.9 cm³/mol. The van der Waals surface area contributed by atoms with Crippen LogP contribution in [-0.4, -0.2) is 19.8 Å². The van der Waals surface area contributed by atoms with E-state index in [0.717, 1.165) is 6.08 Å². The zero-order valence-electron chi connectivity index (χ0n) is 8.28. The zero-order chi connectivity index (χ0) is 10.8. The van der Waals surface area contributed by atoms with Gasteiger partial charge in [0, 0.05) is 12.0 Å². The molecule has 0 saturated carbocycles. The van der Waals surface area contributed by atoms with Gasteiger partial charge in [-0.05, 0) is 13.5 Å². The van der Waals surface area contributed by atoms with E-state index in [9.17, 15) is 13.2 Å². The lowest BCUT2D eigenvalue weighted by Gasteiger charge is -2.28. The van der Waals surface area contributed by atoms with Crippen LogP contribution in [0.3, 0.4) is 0 Å². The van der Waals surface area contributed by atoms with Gasteiger partial charge in [0.2, 0.25) is 0 Å². The zero-order valence-corrected chi connectivity index (χ0v) is 8.28. The van der Waals surface area contributed by atoms with E-state index >= 15 is 0 Å². The Morgan fingerprint density at radius 3 is 2.64 bits per heavy atom. The highest BCUT2D eigenvalue weighted by Gasteiger charge is 2.36. The van der Waals surface area contributed by atoms with Crippen molar-refractivity contribution in [2.24, 2.45) is 5.41 Å². The van der Waals surface area contributed by atoms with Crippen LogP contribution in [0.15, 0.2) is 23.8 Å². The highest BCUT2D eigenvalue weighted by molar-refractivity contribution is 5.30. The summed E-state index contributed by atoms with van der Waals surface area (Å²) in [5.41, 5.74) is -0.963. The quantitative estimate of drug-likeness (QED) is 0.730. The number of halogens is 3. The van der Waals surface area contributed by atoms with E-state index in [1.54, 1.807) is 13.1 Å². The Hall–Kier alpha value is -0.770. The van der Waals surface area contributed by atoms with Crippen LogP contribution < -0.4 is 5.32 Å². The minimum atomic E-state index is -4.23. The van der Waals surface area contributed by atoms with E-state index in [4.69, 9.17) is 0 Å². The second kappa shape index (κ2) is 3.77. The molecule has 1 N–H and O–H groups in total. The fourth-order valence-corrected chi connectivity index (χ4v) is 1.64. The molecular weight excluding hydrogens is 191 g/mol. The maximum atomic E-state index is 12.4. The van der Waals surface area contributed by atoms with Crippen molar-refractivity contribution in [3.05, 3.63) is 23.8 Å². The Bertz CT molecular complexity index is 265. The number of allylic oxidation sites excluding steroid dienone is 3. The number of hydrogen-bond donors (Lipinski definition) is 1. The molecule has 1 rings (SSSR count). The van der Waals surface area contributed by atoms with Gasteiger partial charge in [-0.1, -0.05) is 25.2 Å². The maximum Gasteiger partial charge on any atom is 0.416 e. The predicted octanol–water partition coefficient (Wildman–Crippen LogP) is 2.66. The topological polar surface area (TPSA) is 12.0 Å². The number of rotatable bonds is 2. The van der Waals surface area contributed by atoms with Gasteiger partial charge in [0.25, 0.3) is 0 Å². The maximum absolute atomic E-state index is 12.4. The molecule has 14 heavy (non-hydrogen) atoms. The molecule has 1 aliphatic carbocycles. The summed E-state index contributed by atoms with van der Waals surface area (Å²) < 4.78 is 37.2. The standard InChI is InChI=1S/C10H14F3N/c1-9(7-14-2)5-3-4-8(6-9)10(11,12)13/h3-4,6,14H,5,7H2,1-2H3. The Balaban J connectivity index is 2.88. The van der Waals surface area contributed by atoms with Crippen molar-refractivity contribution in [2.45, 2.75) is 19.5 Å². The van der Waals surface area contributed by atoms with Crippen LogP contribution >= 0.6 is 0 Å². The van der Waals surface area contributed by atoms with Crippen LogP contribution in [0.25, 0.3) is 0 Å². The van der Waals surface area contributed by atoms with Gasteiger partial charge in [0.05, 0.1) is 5.57 Å². The highest BCUT2D eigenvalue weighted by Crippen LogP contribution is 2.36. The monoisotopic (exact) mass is 205 g/mol. The first-order valence-corrected chi connectivity index (χ1v) is 4.49. The molecular formula is C10H14F3N. The Labute approximate surface area is 81.7 Å². The molecule has 0 bridgehead atoms. The molecule has 0 aromatic carbocycles. The lowest BCUT2D eigenvalue weighted by Crippen LogP contribution is -2.30. The first-order valence-electron chi connectivity index (χ1n) is 4.49. The third kappa shape index (κ3) is 2.61. The number of hydrogen-bond acceptors (Lipinski definition) is 1. The van der Waals surface area contributed by atoms with Crippen molar-refractivity contribution < 1.29 is 13.2 Å². The molecule has 1 nitrogen and oxygen atoms in total. The minimum absolute atomic E-state index is 0.422. The average Bonchev–Trinajstić information content (AvgIpc) is 2.02. The van der Waals surface area contributed by atoms with Crippen LogP contribution in [-0.2, 0) is 0 Å². The SMILES string of the molecule is CNCC1(C)C=C(C(F)(F)F)C=CC1. The smallest absolute Gasteiger partial charge is 0.319 e. The summed E-state index contributed by atoms with van der Waals surface area (Å²) in [6.45, 7) is 2.37. The summed E-state index contributed by atoms with van der Waals surface area (Å²) in [5, 5.41) is 2.90. The second-order valence-electron chi connectivity index (χ2n) is 3.89. The van der Waals surface area contributed by atoms with Crippen molar-refractivity contribution >= 4 is 0 Å². The molecule has 0 amide bonds. The van der Waals surface area contributed by atoms with Crippen LogP contribution in [0.1, 0.15) is 13.3 Å². The molecule has 4 heteroatoms. The van der Waals surface area contributed by atoms with Crippen LogP contribution in [0.4, 0.5) is 13.2 Å². The summed E-state index contributed by atoms with van der Waals surface area (Å²) in [6.07, 6.45) is 0.459. The van der Waals surface area contributed by atoms with Gasteiger partial charge in [-0.3, -0.25) is 0 Å². The van der Waals surface area contributed by atoms with Crippen molar-refractivity contribution in [3.8, 4) is 0 Å². The largest absolute Gasteiger partial charge is 0.416 e. The van der Waals surface area contributed by atoms with Gasteiger partial charge >= 0.3 is 6.18 Å². The molecule has 0 radical (unpaired) electrons. The van der Waals surface area contributed by atoms with Gasteiger partial charge in [-0.2, -0.15) is 13.2 Å². The Kier molecular flexibility index (Phi) is 3.04. The van der Waals surface area contributed by atoms with Crippen molar-refractivity contribution in [3.63, 3.8) is 0 Å². The van der Waals surface area contributed by atoms with E-state index in [-0.39, 0.29) is 0 Å². The average molecular weight is 205 g/mol. The molecule has 1 unspecified atom stereocenters. The summed E-state index contributed by atoms with van der Waals surface area (Å²) in [5.74, 6) is 0. The molecule has 1 aliphatic rings. The molecule has 0 aromatic rings. The van der Waals surface area contributed by atoms with Crippen LogP contribution in [0.5, 0.6) is 0 Å². The van der Waals surface area contributed by atoms with E-state index in [1.807, 2.05) is 6.92 Å². The van der Waals surface area contributed by atoms with Crippen molar-refractivity contribution in [1.82, 2.24) is 5.32 Å². The summed E-state index contributed by atoms with van der Waals surface area (Å²) in [7, 11) is 1.74. The fourth-order valence-electron chi connectivity index (χ4n) is 1.64. The summed E-state index contributed by atoms with van der Waals surface area (Å²) >= 11 is 0. The van der Waals surface area contributed by atoms with E-state index in [1.165, 1.54) is 6.08 Å². The third-order valence-corrected chi connectivity index (χ3v) is 2.29. The number of nitrogens with one attached hydrogen (secondary N) is 1. The number of alkyl halides is 3. The first kappa shape index (κ1) is 11.3. The lowest BCUT2D eigenvalue weighted by atomic mass is 9.81. The lowest BCUT2D eigenvalue weighted by molar-refractivity contribution is -0.0893. The molecule has 0 saturated heterocycles. The minimum Gasteiger partial charge on any atom is -0.319 e. The summed E-state index contributed by atoms with van der Waals surface area (Å²) in [6, 6.07) is 0. The van der Waals surface area contributed by atoms with Crippen LogP contribution in [0, 0.1) is 5.41 Å². The third-order valence-electron chi connectivity index (χ3n) is 2.29. The first-order chi connectivity index (χ1) is 6.37. The van der Waals surface area contributed by atoms with Gasteiger partial charge in [0.1, 0.15) is 0 Å².